The average Bonchev–Trinajstić information content (AvgIpc) is 2.23. The zero-order valence-electron chi connectivity index (χ0n) is 7.68. The van der Waals surface area contributed by atoms with Crippen molar-refractivity contribution < 1.29 is 10.2 Å². The number of aromatic hydroxyl groups is 2. The molecular weight excluding hydrogens is 214 g/mol. The Morgan fingerprint density at radius 1 is 1.13 bits per heavy atom. The summed E-state index contributed by atoms with van der Waals surface area (Å²) in [5.41, 5.74) is 0.869. The third kappa shape index (κ3) is 1.87. The number of benzene rings is 1. The van der Waals surface area contributed by atoms with Crippen molar-refractivity contribution in [1.29, 1.82) is 0 Å². The molecule has 0 amide bonds. The molecule has 0 saturated heterocycles. The normalized spacial score (nSPS) is 10.2. The van der Waals surface area contributed by atoms with Gasteiger partial charge in [-0.2, -0.15) is 0 Å². The number of pyridine rings is 1. The van der Waals surface area contributed by atoms with Gasteiger partial charge < -0.3 is 10.2 Å². The second kappa shape index (κ2) is 3.79. The fourth-order valence-corrected chi connectivity index (χ4v) is 1.51. The zero-order valence-corrected chi connectivity index (χ0v) is 8.44. The molecular formula is C11H8ClNO2. The van der Waals surface area contributed by atoms with E-state index >= 15 is 0 Å². The van der Waals surface area contributed by atoms with Gasteiger partial charge in [0.05, 0.1) is 5.02 Å². The van der Waals surface area contributed by atoms with Crippen LogP contribution in [0.25, 0.3) is 11.3 Å². The van der Waals surface area contributed by atoms with Crippen molar-refractivity contribution in [3.8, 4) is 22.8 Å². The van der Waals surface area contributed by atoms with Crippen LogP contribution in [0.1, 0.15) is 0 Å². The molecule has 2 N–H and O–H groups in total. The highest BCUT2D eigenvalue weighted by atomic mass is 35.5. The Bertz CT molecular complexity index is 500. The van der Waals surface area contributed by atoms with E-state index in [1.807, 2.05) is 0 Å². The van der Waals surface area contributed by atoms with Crippen molar-refractivity contribution in [1.82, 2.24) is 4.98 Å². The number of phenolic OH excluding ortho intramolecular Hbond substituents is 1. The topological polar surface area (TPSA) is 53.4 Å². The second-order valence-corrected chi connectivity index (χ2v) is 3.44. The zero-order chi connectivity index (χ0) is 10.8. The molecule has 0 bridgehead atoms. The maximum Gasteiger partial charge on any atom is 0.141 e. The van der Waals surface area contributed by atoms with Gasteiger partial charge in [-0.3, -0.25) is 4.98 Å². The first-order valence-electron chi connectivity index (χ1n) is 4.31. The van der Waals surface area contributed by atoms with Crippen LogP contribution < -0.4 is 0 Å². The molecule has 76 valence electrons. The summed E-state index contributed by atoms with van der Waals surface area (Å²) in [6.45, 7) is 0. The largest absolute Gasteiger partial charge is 0.508 e. The standard InChI is InChI=1S/C11H8ClNO2/c12-9-4-3-7(14)6-8(9)11-10(15)2-1-5-13-11/h1-6,14-15H. The van der Waals surface area contributed by atoms with Gasteiger partial charge in [-0.15, -0.1) is 0 Å². The summed E-state index contributed by atoms with van der Waals surface area (Å²) in [6, 6.07) is 7.63. The highest BCUT2D eigenvalue weighted by Gasteiger charge is 2.09. The first kappa shape index (κ1) is 9.80. The minimum Gasteiger partial charge on any atom is -0.508 e. The van der Waals surface area contributed by atoms with Crippen LogP contribution >= 0.6 is 11.6 Å². The van der Waals surface area contributed by atoms with E-state index in [-0.39, 0.29) is 11.5 Å². The van der Waals surface area contributed by atoms with Gasteiger partial charge in [-0.05, 0) is 30.3 Å². The van der Waals surface area contributed by atoms with Crippen LogP contribution in [0.5, 0.6) is 11.5 Å². The van der Waals surface area contributed by atoms with Crippen LogP contribution in [0.15, 0.2) is 36.5 Å². The smallest absolute Gasteiger partial charge is 0.141 e. The Kier molecular flexibility index (Phi) is 2.47. The van der Waals surface area contributed by atoms with E-state index in [0.717, 1.165) is 0 Å². The first-order valence-corrected chi connectivity index (χ1v) is 4.69. The van der Waals surface area contributed by atoms with E-state index in [2.05, 4.69) is 4.98 Å². The van der Waals surface area contributed by atoms with E-state index in [1.165, 1.54) is 18.2 Å². The number of hydrogen-bond acceptors (Lipinski definition) is 3. The molecule has 0 fully saturated rings. The first-order chi connectivity index (χ1) is 7.18. The molecule has 0 aliphatic carbocycles. The maximum atomic E-state index is 9.58. The minimum atomic E-state index is 0.0324. The molecule has 0 aliphatic rings. The number of phenols is 1. The molecule has 4 heteroatoms. The van der Waals surface area contributed by atoms with Gasteiger partial charge in [0.15, 0.2) is 0 Å². The van der Waals surface area contributed by atoms with E-state index in [1.54, 1.807) is 18.3 Å². The maximum absolute atomic E-state index is 9.58. The predicted molar refractivity (Wildman–Crippen MR) is 58.0 cm³/mol. The summed E-state index contributed by atoms with van der Waals surface area (Å²) in [7, 11) is 0. The molecule has 15 heavy (non-hydrogen) atoms. The van der Waals surface area contributed by atoms with Crippen molar-refractivity contribution in [2.45, 2.75) is 0 Å². The fraction of sp³-hybridized carbons (Fsp3) is 0. The molecule has 2 rings (SSSR count). The molecule has 3 nitrogen and oxygen atoms in total. The minimum absolute atomic E-state index is 0.0324. The summed E-state index contributed by atoms with van der Waals surface area (Å²) >= 11 is 5.94. The molecule has 0 unspecified atom stereocenters. The van der Waals surface area contributed by atoms with E-state index in [4.69, 9.17) is 11.6 Å². The Morgan fingerprint density at radius 3 is 2.67 bits per heavy atom. The lowest BCUT2D eigenvalue weighted by Gasteiger charge is -2.05. The van der Waals surface area contributed by atoms with Gasteiger partial charge in [0, 0.05) is 11.8 Å². The monoisotopic (exact) mass is 221 g/mol. The SMILES string of the molecule is Oc1ccc(Cl)c(-c2ncccc2O)c1. The van der Waals surface area contributed by atoms with Gasteiger partial charge in [-0.1, -0.05) is 11.6 Å². The summed E-state index contributed by atoms with van der Waals surface area (Å²) in [6.07, 6.45) is 1.55. The third-order valence-electron chi connectivity index (χ3n) is 1.99. The predicted octanol–water partition coefficient (Wildman–Crippen LogP) is 2.81. The lowest BCUT2D eigenvalue weighted by molar-refractivity contribution is 0.473. The Hall–Kier alpha value is -1.74. The summed E-state index contributed by atoms with van der Waals surface area (Å²) in [5, 5.41) is 19.3. The second-order valence-electron chi connectivity index (χ2n) is 3.04. The molecule has 1 heterocycles. The van der Waals surface area contributed by atoms with Gasteiger partial charge in [0.2, 0.25) is 0 Å². The Balaban J connectivity index is 2.64. The molecule has 0 radical (unpaired) electrons. The van der Waals surface area contributed by atoms with Gasteiger partial charge >= 0.3 is 0 Å². The number of hydrogen-bond donors (Lipinski definition) is 2. The molecule has 1 aromatic heterocycles. The van der Waals surface area contributed by atoms with Crippen molar-refractivity contribution in [3.63, 3.8) is 0 Å². The summed E-state index contributed by atoms with van der Waals surface area (Å²) < 4.78 is 0. The molecule has 0 spiro atoms. The highest BCUT2D eigenvalue weighted by Crippen LogP contribution is 2.34. The van der Waals surface area contributed by atoms with Crippen LogP contribution in [0.4, 0.5) is 0 Å². The molecule has 2 aromatic rings. The third-order valence-corrected chi connectivity index (χ3v) is 2.32. The van der Waals surface area contributed by atoms with Gasteiger partial charge in [0.1, 0.15) is 17.2 Å². The molecule has 1 aromatic carbocycles. The number of halogens is 1. The summed E-state index contributed by atoms with van der Waals surface area (Å²) in [4.78, 5) is 4.00. The highest BCUT2D eigenvalue weighted by molar-refractivity contribution is 6.33. The average molecular weight is 222 g/mol. The van der Waals surface area contributed by atoms with Crippen molar-refractivity contribution >= 4 is 11.6 Å². The number of rotatable bonds is 1. The van der Waals surface area contributed by atoms with Gasteiger partial charge in [-0.25, -0.2) is 0 Å². The summed E-state index contributed by atoms with van der Waals surface area (Å²) in [5.74, 6) is 0.115. The Morgan fingerprint density at radius 2 is 1.93 bits per heavy atom. The van der Waals surface area contributed by atoms with Crippen LogP contribution in [0, 0.1) is 0 Å². The van der Waals surface area contributed by atoms with Crippen molar-refractivity contribution in [2.75, 3.05) is 0 Å². The molecule has 0 aliphatic heterocycles. The lowest BCUT2D eigenvalue weighted by atomic mass is 10.1. The molecule has 0 saturated carbocycles. The van der Waals surface area contributed by atoms with Crippen molar-refractivity contribution in [3.05, 3.63) is 41.6 Å². The quantitative estimate of drug-likeness (QED) is 0.779. The number of nitrogens with zero attached hydrogens (tertiary/aromatic N) is 1. The Labute approximate surface area is 91.6 Å². The lowest BCUT2D eigenvalue weighted by Crippen LogP contribution is -1.84. The fourth-order valence-electron chi connectivity index (χ4n) is 1.30. The van der Waals surface area contributed by atoms with Crippen LogP contribution in [0.3, 0.4) is 0 Å². The van der Waals surface area contributed by atoms with Crippen molar-refractivity contribution in [2.24, 2.45) is 0 Å². The van der Waals surface area contributed by atoms with E-state index < -0.39 is 0 Å². The van der Waals surface area contributed by atoms with E-state index in [0.29, 0.717) is 16.3 Å². The van der Waals surface area contributed by atoms with E-state index in [9.17, 15) is 10.2 Å². The number of aromatic nitrogens is 1. The molecule has 0 atom stereocenters. The van der Waals surface area contributed by atoms with Crippen LogP contribution in [-0.2, 0) is 0 Å². The van der Waals surface area contributed by atoms with Gasteiger partial charge in [0.25, 0.3) is 0 Å². The van der Waals surface area contributed by atoms with Crippen LogP contribution in [0.2, 0.25) is 5.02 Å². The van der Waals surface area contributed by atoms with Crippen LogP contribution in [-0.4, -0.2) is 15.2 Å².